The average molecular weight is 301 g/mol. The van der Waals surface area contributed by atoms with Crippen LogP contribution in [0.25, 0.3) is 10.9 Å². The van der Waals surface area contributed by atoms with Gasteiger partial charge >= 0.3 is 11.3 Å². The lowest BCUT2D eigenvalue weighted by atomic mass is 10.1. The van der Waals surface area contributed by atoms with E-state index < -0.39 is 0 Å². The third-order valence-electron chi connectivity index (χ3n) is 3.82. The van der Waals surface area contributed by atoms with Crippen LogP contribution in [-0.2, 0) is 13.0 Å². The molecule has 116 valence electrons. The maximum Gasteiger partial charge on any atom is 0.431 e. The Balaban J connectivity index is 1.60. The van der Waals surface area contributed by atoms with Gasteiger partial charge in [0.25, 0.3) is 0 Å². The maximum atomic E-state index is 11.7. The number of nitrogens with zero attached hydrogens (tertiary/aromatic N) is 1. The van der Waals surface area contributed by atoms with E-state index in [-0.39, 0.29) is 11.7 Å². The number of H-pyrrole nitrogens is 2. The first kappa shape index (κ1) is 14.6. The van der Waals surface area contributed by atoms with Gasteiger partial charge in [-0.1, -0.05) is 22.9 Å². The van der Waals surface area contributed by atoms with Gasteiger partial charge in [0.15, 0.2) is 6.04 Å². The van der Waals surface area contributed by atoms with Gasteiger partial charge in [0.05, 0.1) is 6.54 Å². The minimum absolute atomic E-state index is 0.164. The molecule has 3 rings (SSSR count). The van der Waals surface area contributed by atoms with Crippen LogP contribution in [0.4, 0.5) is 0 Å². The number of aromatic amines is 2. The monoisotopic (exact) mass is 301 g/mol. The van der Waals surface area contributed by atoms with E-state index in [9.17, 15) is 4.79 Å². The first-order chi connectivity index (χ1) is 10.7. The molecule has 3 aromatic rings. The van der Waals surface area contributed by atoms with E-state index in [1.807, 2.05) is 32.2 Å². The van der Waals surface area contributed by atoms with Crippen LogP contribution in [0.3, 0.4) is 0 Å². The molecule has 3 N–H and O–H groups in total. The second-order valence-electron chi connectivity index (χ2n) is 5.68. The lowest BCUT2D eigenvalue weighted by Gasteiger charge is -2.02. The van der Waals surface area contributed by atoms with Crippen molar-refractivity contribution in [2.75, 3.05) is 6.54 Å². The molecule has 0 fully saturated rings. The summed E-state index contributed by atoms with van der Waals surface area (Å²) < 4.78 is 6.61. The highest BCUT2D eigenvalue weighted by Crippen LogP contribution is 2.17. The van der Waals surface area contributed by atoms with Crippen LogP contribution in [-0.4, -0.2) is 16.8 Å². The molecule has 2 aromatic heterocycles. The molecule has 22 heavy (non-hydrogen) atoms. The zero-order valence-corrected chi connectivity index (χ0v) is 12.8. The maximum absolute atomic E-state index is 11.7. The molecule has 0 radical (unpaired) electrons. The first-order valence-electron chi connectivity index (χ1n) is 7.54. The Kier molecular flexibility index (Phi) is 4.11. The smallest absolute Gasteiger partial charge is 0.361 e. The minimum atomic E-state index is -0.312. The Morgan fingerprint density at radius 2 is 2.14 bits per heavy atom. The van der Waals surface area contributed by atoms with Gasteiger partial charge in [-0.3, -0.25) is 4.52 Å². The number of hydrogen-bond acceptors (Lipinski definition) is 3. The average Bonchev–Trinajstić information content (AvgIpc) is 3.08. The van der Waals surface area contributed by atoms with Crippen molar-refractivity contribution in [3.05, 3.63) is 52.1 Å². The molecule has 0 aliphatic carbocycles. The fourth-order valence-electron chi connectivity index (χ4n) is 2.65. The predicted molar refractivity (Wildman–Crippen MR) is 83.6 cm³/mol. The summed E-state index contributed by atoms with van der Waals surface area (Å²) >= 11 is 0. The summed E-state index contributed by atoms with van der Waals surface area (Å²) in [5, 5.41) is 7.20. The van der Waals surface area contributed by atoms with E-state index in [2.05, 4.69) is 27.7 Å². The lowest BCUT2D eigenvalue weighted by molar-refractivity contribution is -0.785. The Bertz CT molecular complexity index is 813. The van der Waals surface area contributed by atoms with Crippen LogP contribution in [0.5, 0.6) is 0 Å². The molecule has 0 aliphatic rings. The summed E-state index contributed by atoms with van der Waals surface area (Å²) in [4.78, 5) is 15.0. The molecular formula is C16H21N4O2+. The number of rotatable bonds is 6. The topological polar surface area (TPSA) is 77.7 Å². The SMILES string of the molecule is CC(C)[n+]1[nH]oc(=O)c1CNCCc1c[nH]c2ccccc12. The Morgan fingerprint density at radius 1 is 1.32 bits per heavy atom. The molecule has 0 amide bonds. The summed E-state index contributed by atoms with van der Waals surface area (Å²) in [6, 6.07) is 8.43. The van der Waals surface area contributed by atoms with Crippen molar-refractivity contribution < 1.29 is 9.20 Å². The van der Waals surface area contributed by atoms with Crippen molar-refractivity contribution in [1.82, 2.24) is 15.6 Å². The second kappa shape index (κ2) is 6.19. The van der Waals surface area contributed by atoms with E-state index in [1.54, 1.807) is 4.68 Å². The normalized spacial score (nSPS) is 11.6. The molecule has 0 unspecified atom stereocenters. The van der Waals surface area contributed by atoms with Crippen molar-refractivity contribution in [3.63, 3.8) is 0 Å². The van der Waals surface area contributed by atoms with E-state index in [0.717, 1.165) is 18.5 Å². The van der Waals surface area contributed by atoms with Crippen LogP contribution in [0.1, 0.15) is 31.1 Å². The van der Waals surface area contributed by atoms with Crippen molar-refractivity contribution in [1.29, 1.82) is 0 Å². The summed E-state index contributed by atoms with van der Waals surface area (Å²) in [5.74, 6) is 0. The number of nitrogens with one attached hydrogen (secondary N) is 3. The van der Waals surface area contributed by atoms with Crippen LogP contribution in [0, 0.1) is 0 Å². The molecule has 0 saturated heterocycles. The largest absolute Gasteiger partial charge is 0.431 e. The van der Waals surface area contributed by atoms with Crippen LogP contribution in [0.2, 0.25) is 0 Å². The minimum Gasteiger partial charge on any atom is -0.361 e. The van der Waals surface area contributed by atoms with Gasteiger partial charge in [0.1, 0.15) is 0 Å². The van der Waals surface area contributed by atoms with Gasteiger partial charge in [-0.25, -0.2) is 4.79 Å². The van der Waals surface area contributed by atoms with Crippen LogP contribution < -0.4 is 15.6 Å². The summed E-state index contributed by atoms with van der Waals surface area (Å²) in [6.07, 6.45) is 2.95. The molecule has 1 aromatic carbocycles. The fraction of sp³-hybridized carbons (Fsp3) is 0.375. The molecule has 2 heterocycles. The Morgan fingerprint density at radius 3 is 2.95 bits per heavy atom. The molecule has 6 heteroatoms. The van der Waals surface area contributed by atoms with Crippen molar-refractivity contribution >= 4 is 10.9 Å². The third-order valence-corrected chi connectivity index (χ3v) is 3.82. The highest BCUT2D eigenvalue weighted by molar-refractivity contribution is 5.83. The first-order valence-corrected chi connectivity index (χ1v) is 7.54. The summed E-state index contributed by atoms with van der Waals surface area (Å²) in [5.41, 5.74) is 2.74. The van der Waals surface area contributed by atoms with E-state index in [1.165, 1.54) is 10.9 Å². The highest BCUT2D eigenvalue weighted by atomic mass is 16.5. The van der Waals surface area contributed by atoms with Gasteiger partial charge in [0, 0.05) is 17.1 Å². The van der Waals surface area contributed by atoms with Gasteiger partial charge in [-0.15, -0.1) is 0 Å². The standard InChI is InChI=1S/C16H20N4O2/c1-11(2)20-15(16(21)22-19-20)10-17-8-7-12-9-18-14-6-4-3-5-13(12)14/h3-6,9,11,17-18H,7-8,10H2,1-2H3/p+1. The molecule has 0 aliphatic heterocycles. The number of hydrogen-bond donors (Lipinski definition) is 3. The molecule has 0 atom stereocenters. The Labute approximate surface area is 128 Å². The second-order valence-corrected chi connectivity index (χ2v) is 5.68. The summed E-state index contributed by atoms with van der Waals surface area (Å²) in [7, 11) is 0. The molecule has 6 nitrogen and oxygen atoms in total. The third kappa shape index (κ3) is 2.82. The number of benzene rings is 1. The highest BCUT2D eigenvalue weighted by Gasteiger charge is 2.22. The number of para-hydroxylation sites is 1. The zero-order chi connectivity index (χ0) is 15.5. The van der Waals surface area contributed by atoms with Crippen molar-refractivity contribution in [3.8, 4) is 0 Å². The van der Waals surface area contributed by atoms with Gasteiger partial charge in [0.2, 0.25) is 0 Å². The quantitative estimate of drug-likeness (QED) is 0.478. The van der Waals surface area contributed by atoms with Gasteiger partial charge in [-0.05, 0) is 43.7 Å². The van der Waals surface area contributed by atoms with E-state index >= 15 is 0 Å². The summed E-state index contributed by atoms with van der Waals surface area (Å²) in [6.45, 7) is 5.29. The molecule has 0 bridgehead atoms. The molecule has 0 saturated carbocycles. The van der Waals surface area contributed by atoms with E-state index in [0.29, 0.717) is 12.2 Å². The lowest BCUT2D eigenvalue weighted by Crippen LogP contribution is -2.45. The number of aromatic nitrogens is 3. The molecule has 0 spiro atoms. The van der Waals surface area contributed by atoms with Crippen LogP contribution in [0.15, 0.2) is 39.8 Å². The van der Waals surface area contributed by atoms with Gasteiger partial charge < -0.3 is 10.3 Å². The van der Waals surface area contributed by atoms with Crippen molar-refractivity contribution in [2.24, 2.45) is 0 Å². The van der Waals surface area contributed by atoms with Gasteiger partial charge in [-0.2, -0.15) is 0 Å². The molecular weight excluding hydrogens is 280 g/mol. The van der Waals surface area contributed by atoms with E-state index in [4.69, 9.17) is 4.52 Å². The Hall–Kier alpha value is -2.34. The predicted octanol–water partition coefficient (Wildman–Crippen LogP) is 1.65. The number of fused-ring (bicyclic) bond motifs is 1. The fourth-order valence-corrected chi connectivity index (χ4v) is 2.65. The van der Waals surface area contributed by atoms with Crippen molar-refractivity contribution in [2.45, 2.75) is 32.9 Å². The van der Waals surface area contributed by atoms with Crippen LogP contribution >= 0.6 is 0 Å². The zero-order valence-electron chi connectivity index (χ0n) is 12.8.